The number of hydrogen-bond donors (Lipinski definition) is 0. The average molecular weight is 182 g/mol. The molecule has 13 heavy (non-hydrogen) atoms. The number of ether oxygens (including phenoxy) is 1. The Kier molecular flexibility index (Phi) is 2.59. The third-order valence-corrected chi connectivity index (χ3v) is 3.21. The van der Waals surface area contributed by atoms with Gasteiger partial charge in [-0.25, -0.2) is 0 Å². The molecule has 0 aromatic carbocycles. The van der Waals surface area contributed by atoms with Gasteiger partial charge in [0.15, 0.2) is 0 Å². The van der Waals surface area contributed by atoms with Crippen molar-refractivity contribution < 1.29 is 4.74 Å². The van der Waals surface area contributed by atoms with Crippen molar-refractivity contribution in [2.45, 2.75) is 59.2 Å². The minimum Gasteiger partial charge on any atom is -0.367 e. The van der Waals surface area contributed by atoms with Crippen LogP contribution in [0.15, 0.2) is 12.2 Å². The summed E-state index contributed by atoms with van der Waals surface area (Å²) in [7, 11) is 0. The van der Waals surface area contributed by atoms with E-state index in [1.54, 1.807) is 0 Å². The zero-order chi connectivity index (χ0) is 10.3. The highest BCUT2D eigenvalue weighted by molar-refractivity contribution is 5.18. The van der Waals surface area contributed by atoms with Crippen LogP contribution < -0.4 is 0 Å². The number of hydrogen-bond acceptors (Lipinski definition) is 1. The van der Waals surface area contributed by atoms with Crippen molar-refractivity contribution in [2.24, 2.45) is 5.41 Å². The Morgan fingerprint density at radius 2 is 2.00 bits per heavy atom. The van der Waals surface area contributed by atoms with Crippen LogP contribution in [0.1, 0.15) is 47.5 Å². The lowest BCUT2D eigenvalue weighted by molar-refractivity contribution is -0.0761. The summed E-state index contributed by atoms with van der Waals surface area (Å²) in [6.45, 7) is 15.0. The summed E-state index contributed by atoms with van der Waals surface area (Å²) in [4.78, 5) is 0. The molecule has 1 saturated heterocycles. The van der Waals surface area contributed by atoms with E-state index < -0.39 is 0 Å². The van der Waals surface area contributed by atoms with Crippen molar-refractivity contribution in [3.63, 3.8) is 0 Å². The minimum atomic E-state index is -0.0909. The van der Waals surface area contributed by atoms with Gasteiger partial charge in [-0.2, -0.15) is 0 Å². The molecule has 2 atom stereocenters. The normalized spacial score (nSPS) is 35.0. The van der Waals surface area contributed by atoms with Gasteiger partial charge in [0.05, 0.1) is 11.7 Å². The molecule has 1 rings (SSSR count). The van der Waals surface area contributed by atoms with Crippen LogP contribution in [0.5, 0.6) is 0 Å². The first-order valence-corrected chi connectivity index (χ1v) is 5.13. The molecule has 1 heterocycles. The summed E-state index contributed by atoms with van der Waals surface area (Å²) < 4.78 is 6.08. The molecule has 2 unspecified atom stereocenters. The lowest BCUT2D eigenvalue weighted by atomic mass is 9.71. The summed E-state index contributed by atoms with van der Waals surface area (Å²) in [5.74, 6) is 0. The van der Waals surface area contributed by atoms with Crippen LogP contribution in [0.4, 0.5) is 0 Å². The third kappa shape index (κ3) is 1.67. The van der Waals surface area contributed by atoms with Gasteiger partial charge >= 0.3 is 0 Å². The van der Waals surface area contributed by atoms with Crippen LogP contribution in [-0.2, 0) is 4.74 Å². The van der Waals surface area contributed by atoms with Crippen LogP contribution in [0, 0.1) is 5.41 Å². The molecule has 1 aliphatic heterocycles. The Balaban J connectivity index is 2.97. The molecule has 1 heteroatoms. The Hall–Kier alpha value is -0.300. The molecular weight excluding hydrogens is 160 g/mol. The second kappa shape index (κ2) is 3.13. The van der Waals surface area contributed by atoms with Gasteiger partial charge in [0.2, 0.25) is 0 Å². The van der Waals surface area contributed by atoms with Gasteiger partial charge in [0, 0.05) is 0 Å². The topological polar surface area (TPSA) is 9.23 Å². The fourth-order valence-electron chi connectivity index (χ4n) is 2.37. The monoisotopic (exact) mass is 182 g/mol. The first-order valence-electron chi connectivity index (χ1n) is 5.13. The molecule has 0 spiro atoms. The largest absolute Gasteiger partial charge is 0.367 e. The highest BCUT2D eigenvalue weighted by Gasteiger charge is 2.48. The fourth-order valence-corrected chi connectivity index (χ4v) is 2.37. The van der Waals surface area contributed by atoms with E-state index in [1.807, 2.05) is 0 Å². The maximum Gasteiger partial charge on any atom is 0.0938 e. The Bertz CT molecular complexity index is 212. The van der Waals surface area contributed by atoms with Crippen molar-refractivity contribution in [1.82, 2.24) is 0 Å². The second-order valence-electron chi connectivity index (χ2n) is 5.32. The van der Waals surface area contributed by atoms with Crippen molar-refractivity contribution in [2.75, 3.05) is 0 Å². The molecule has 0 aromatic rings. The molecule has 0 aliphatic carbocycles. The minimum absolute atomic E-state index is 0.0909. The van der Waals surface area contributed by atoms with E-state index in [0.717, 1.165) is 12.8 Å². The lowest BCUT2D eigenvalue weighted by Gasteiger charge is -2.42. The van der Waals surface area contributed by atoms with Gasteiger partial charge in [-0.05, 0) is 37.7 Å². The summed E-state index contributed by atoms with van der Waals surface area (Å²) in [5, 5.41) is 0. The van der Waals surface area contributed by atoms with Crippen LogP contribution in [-0.4, -0.2) is 11.7 Å². The summed E-state index contributed by atoms with van der Waals surface area (Å²) in [6.07, 6.45) is 2.66. The maximum absolute atomic E-state index is 6.08. The standard InChI is InChI=1S/C12H22O/c1-9(2)12(11(4,5)6)8-7-10(3)13-12/h10H,1,7-8H2,2-6H3. The van der Waals surface area contributed by atoms with Crippen LogP contribution in [0.3, 0.4) is 0 Å². The molecular formula is C12H22O. The molecule has 0 amide bonds. The molecule has 0 radical (unpaired) electrons. The molecule has 1 aliphatic rings. The third-order valence-electron chi connectivity index (χ3n) is 3.21. The highest BCUT2D eigenvalue weighted by Crippen LogP contribution is 2.47. The van der Waals surface area contributed by atoms with E-state index in [4.69, 9.17) is 4.74 Å². The van der Waals surface area contributed by atoms with Crippen molar-refractivity contribution >= 4 is 0 Å². The molecule has 0 bridgehead atoms. The van der Waals surface area contributed by atoms with Gasteiger partial charge in [-0.3, -0.25) is 0 Å². The van der Waals surface area contributed by atoms with E-state index in [-0.39, 0.29) is 11.0 Å². The maximum atomic E-state index is 6.08. The molecule has 1 nitrogen and oxygen atoms in total. The highest BCUT2D eigenvalue weighted by atomic mass is 16.5. The van der Waals surface area contributed by atoms with E-state index in [9.17, 15) is 0 Å². The SMILES string of the molecule is C=C(C)C1(C(C)(C)C)CCC(C)O1. The van der Waals surface area contributed by atoms with E-state index in [2.05, 4.69) is 41.2 Å². The van der Waals surface area contributed by atoms with Gasteiger partial charge in [-0.1, -0.05) is 27.4 Å². The first-order chi connectivity index (χ1) is 5.79. The molecule has 76 valence electrons. The van der Waals surface area contributed by atoms with Gasteiger partial charge in [0.25, 0.3) is 0 Å². The Morgan fingerprint density at radius 1 is 1.46 bits per heavy atom. The number of rotatable bonds is 1. The predicted molar refractivity (Wildman–Crippen MR) is 56.8 cm³/mol. The van der Waals surface area contributed by atoms with Crippen molar-refractivity contribution in [3.8, 4) is 0 Å². The fraction of sp³-hybridized carbons (Fsp3) is 0.833. The van der Waals surface area contributed by atoms with Gasteiger partial charge < -0.3 is 4.74 Å². The van der Waals surface area contributed by atoms with E-state index >= 15 is 0 Å². The second-order valence-corrected chi connectivity index (χ2v) is 5.32. The summed E-state index contributed by atoms with van der Waals surface area (Å²) >= 11 is 0. The molecule has 1 fully saturated rings. The lowest BCUT2D eigenvalue weighted by Crippen LogP contribution is -2.43. The average Bonchev–Trinajstić information content (AvgIpc) is 2.30. The van der Waals surface area contributed by atoms with Crippen molar-refractivity contribution in [1.29, 1.82) is 0 Å². The van der Waals surface area contributed by atoms with Gasteiger partial charge in [-0.15, -0.1) is 0 Å². The summed E-state index contributed by atoms with van der Waals surface area (Å²) in [5.41, 5.74) is 1.24. The zero-order valence-electron chi connectivity index (χ0n) is 9.61. The molecule has 0 saturated carbocycles. The Labute approximate surface area is 82.2 Å². The first kappa shape index (κ1) is 10.8. The smallest absolute Gasteiger partial charge is 0.0938 e. The quantitative estimate of drug-likeness (QED) is 0.563. The van der Waals surface area contributed by atoms with Crippen molar-refractivity contribution in [3.05, 3.63) is 12.2 Å². The van der Waals surface area contributed by atoms with E-state index in [1.165, 1.54) is 5.57 Å². The van der Waals surface area contributed by atoms with E-state index in [0.29, 0.717) is 6.10 Å². The molecule has 0 N–H and O–H groups in total. The Morgan fingerprint density at radius 3 is 2.15 bits per heavy atom. The summed E-state index contributed by atoms with van der Waals surface area (Å²) in [6, 6.07) is 0. The van der Waals surface area contributed by atoms with Crippen LogP contribution >= 0.6 is 0 Å². The molecule has 0 aromatic heterocycles. The van der Waals surface area contributed by atoms with Gasteiger partial charge in [0.1, 0.15) is 0 Å². The van der Waals surface area contributed by atoms with Crippen LogP contribution in [0.2, 0.25) is 0 Å². The predicted octanol–water partition coefficient (Wildman–Crippen LogP) is 3.55. The zero-order valence-corrected chi connectivity index (χ0v) is 9.61. The van der Waals surface area contributed by atoms with Crippen LogP contribution in [0.25, 0.3) is 0 Å².